The van der Waals surface area contributed by atoms with E-state index in [0.717, 1.165) is 5.69 Å². The summed E-state index contributed by atoms with van der Waals surface area (Å²) in [5.74, 6) is 0.297. The Kier molecular flexibility index (Phi) is 1.21. The molecule has 5 heteroatoms. The van der Waals surface area contributed by atoms with Crippen LogP contribution in [0.25, 0.3) is 5.65 Å². The number of rotatable bonds is 0. The molecule has 0 saturated heterocycles. The second kappa shape index (κ2) is 2.10. The van der Waals surface area contributed by atoms with Crippen molar-refractivity contribution in [3.63, 3.8) is 0 Å². The zero-order chi connectivity index (χ0) is 8.72. The van der Waals surface area contributed by atoms with Crippen molar-refractivity contribution in [2.45, 2.75) is 6.92 Å². The Bertz CT molecular complexity index is 434. The number of anilines is 1. The van der Waals surface area contributed by atoms with Gasteiger partial charge in [-0.3, -0.25) is 0 Å². The van der Waals surface area contributed by atoms with Crippen molar-refractivity contribution in [3.8, 4) is 5.88 Å². The van der Waals surface area contributed by atoms with Crippen LogP contribution in [-0.4, -0.2) is 19.7 Å². The fourth-order valence-corrected chi connectivity index (χ4v) is 1.09. The Labute approximate surface area is 68.5 Å². The lowest BCUT2D eigenvalue weighted by molar-refractivity contribution is 0.435. The molecule has 0 radical (unpaired) electrons. The number of aryl methyl sites for hydroxylation is 1. The molecule has 0 bridgehead atoms. The van der Waals surface area contributed by atoms with Crippen molar-refractivity contribution in [3.05, 3.63) is 17.8 Å². The van der Waals surface area contributed by atoms with Crippen LogP contribution in [0.1, 0.15) is 5.69 Å². The molecule has 0 amide bonds. The van der Waals surface area contributed by atoms with Crippen LogP contribution < -0.4 is 5.73 Å². The molecule has 3 N–H and O–H groups in total. The van der Waals surface area contributed by atoms with Gasteiger partial charge in [0.05, 0.1) is 5.69 Å². The van der Waals surface area contributed by atoms with E-state index in [0.29, 0.717) is 11.5 Å². The molecule has 2 rings (SSSR count). The Morgan fingerprint density at radius 2 is 2.25 bits per heavy atom. The van der Waals surface area contributed by atoms with Gasteiger partial charge in [0.25, 0.3) is 0 Å². The summed E-state index contributed by atoms with van der Waals surface area (Å²) < 4.78 is 1.34. The summed E-state index contributed by atoms with van der Waals surface area (Å²) in [7, 11) is 0. The number of hydrogen-bond donors (Lipinski definition) is 2. The van der Waals surface area contributed by atoms with Gasteiger partial charge in [-0.2, -0.15) is 9.61 Å². The zero-order valence-corrected chi connectivity index (χ0v) is 6.52. The number of aromatic nitrogens is 3. The Hall–Kier alpha value is -1.78. The fraction of sp³-hybridized carbons (Fsp3) is 0.143. The van der Waals surface area contributed by atoms with Gasteiger partial charge >= 0.3 is 0 Å². The average molecular weight is 164 g/mol. The van der Waals surface area contributed by atoms with E-state index in [1.54, 1.807) is 6.07 Å². The van der Waals surface area contributed by atoms with E-state index >= 15 is 0 Å². The molecule has 2 aromatic rings. The van der Waals surface area contributed by atoms with E-state index in [4.69, 9.17) is 5.73 Å². The molecule has 0 fully saturated rings. The van der Waals surface area contributed by atoms with Gasteiger partial charge < -0.3 is 10.8 Å². The molecule has 0 aliphatic rings. The summed E-state index contributed by atoms with van der Waals surface area (Å²) in [6, 6.07) is 3.11. The molecule has 2 aromatic heterocycles. The third-order valence-electron chi connectivity index (χ3n) is 1.55. The van der Waals surface area contributed by atoms with Crippen LogP contribution in [0.15, 0.2) is 12.1 Å². The number of nitrogens with two attached hydrogens (primary N) is 1. The van der Waals surface area contributed by atoms with Crippen LogP contribution in [0, 0.1) is 6.92 Å². The van der Waals surface area contributed by atoms with Crippen LogP contribution in [0.2, 0.25) is 0 Å². The molecule has 12 heavy (non-hydrogen) atoms. The molecule has 0 atom stereocenters. The maximum atomic E-state index is 9.35. The first kappa shape index (κ1) is 6.90. The third-order valence-corrected chi connectivity index (χ3v) is 1.55. The number of nitrogens with zero attached hydrogens (tertiary/aromatic N) is 3. The van der Waals surface area contributed by atoms with Gasteiger partial charge in [-0.05, 0) is 6.92 Å². The molecule has 2 heterocycles. The predicted molar refractivity (Wildman–Crippen MR) is 43.8 cm³/mol. The highest BCUT2D eigenvalue weighted by molar-refractivity contribution is 5.48. The Balaban J connectivity index is 2.88. The lowest BCUT2D eigenvalue weighted by atomic mass is 10.5. The van der Waals surface area contributed by atoms with Crippen LogP contribution >= 0.6 is 0 Å². The van der Waals surface area contributed by atoms with Crippen LogP contribution in [0.3, 0.4) is 0 Å². The van der Waals surface area contributed by atoms with Crippen LogP contribution in [0.5, 0.6) is 5.88 Å². The standard InChI is InChI=1S/C7H8N4O/c1-4-2-6-9-5(8)3-7(12)11(6)10-4/h2-3,12H,1H3,(H2,8,9). The highest BCUT2D eigenvalue weighted by Crippen LogP contribution is 2.14. The van der Waals surface area contributed by atoms with Gasteiger partial charge in [0.2, 0.25) is 5.88 Å². The van der Waals surface area contributed by atoms with E-state index in [9.17, 15) is 5.11 Å². The fourth-order valence-electron chi connectivity index (χ4n) is 1.09. The van der Waals surface area contributed by atoms with Gasteiger partial charge in [-0.15, -0.1) is 0 Å². The molecule has 0 unspecified atom stereocenters. The SMILES string of the molecule is Cc1cc2nc(N)cc(O)n2n1. The van der Waals surface area contributed by atoms with Crippen molar-refractivity contribution < 1.29 is 5.11 Å². The minimum absolute atomic E-state index is 0.00519. The summed E-state index contributed by atoms with van der Waals surface area (Å²) in [4.78, 5) is 3.98. The van der Waals surface area contributed by atoms with Crippen molar-refractivity contribution >= 4 is 11.5 Å². The lowest BCUT2D eigenvalue weighted by Crippen LogP contribution is -1.95. The summed E-state index contributed by atoms with van der Waals surface area (Å²) in [6.45, 7) is 1.82. The largest absolute Gasteiger partial charge is 0.493 e. The second-order valence-corrected chi connectivity index (χ2v) is 2.59. The molecule has 0 aromatic carbocycles. The van der Waals surface area contributed by atoms with Gasteiger partial charge in [-0.1, -0.05) is 0 Å². The normalized spacial score (nSPS) is 10.8. The zero-order valence-electron chi connectivity index (χ0n) is 6.52. The highest BCUT2D eigenvalue weighted by atomic mass is 16.3. The molecule has 0 aliphatic heterocycles. The molecule has 62 valence electrons. The minimum Gasteiger partial charge on any atom is -0.493 e. The molecule has 0 aliphatic carbocycles. The van der Waals surface area contributed by atoms with Crippen molar-refractivity contribution in [1.29, 1.82) is 0 Å². The summed E-state index contributed by atoms with van der Waals surface area (Å²) in [5, 5.41) is 13.3. The van der Waals surface area contributed by atoms with Crippen LogP contribution in [0.4, 0.5) is 5.82 Å². The molecule has 0 saturated carbocycles. The second-order valence-electron chi connectivity index (χ2n) is 2.59. The van der Waals surface area contributed by atoms with Crippen molar-refractivity contribution in [2.24, 2.45) is 0 Å². The van der Waals surface area contributed by atoms with Crippen molar-refractivity contribution in [2.75, 3.05) is 5.73 Å². The van der Waals surface area contributed by atoms with E-state index < -0.39 is 0 Å². The lowest BCUT2D eigenvalue weighted by Gasteiger charge is -1.97. The minimum atomic E-state index is 0.00519. The maximum absolute atomic E-state index is 9.35. The highest BCUT2D eigenvalue weighted by Gasteiger charge is 2.03. The average Bonchev–Trinajstić information content (AvgIpc) is 2.29. The molecular weight excluding hydrogens is 156 g/mol. The summed E-state index contributed by atoms with van der Waals surface area (Å²) in [5.41, 5.74) is 6.78. The number of fused-ring (bicyclic) bond motifs is 1. The van der Waals surface area contributed by atoms with Gasteiger partial charge in [-0.25, -0.2) is 4.98 Å². The van der Waals surface area contributed by atoms with E-state index in [1.807, 2.05) is 6.92 Å². The van der Waals surface area contributed by atoms with E-state index in [2.05, 4.69) is 10.1 Å². The first-order valence-corrected chi connectivity index (χ1v) is 3.49. The van der Waals surface area contributed by atoms with Crippen LogP contribution in [-0.2, 0) is 0 Å². The monoisotopic (exact) mass is 164 g/mol. The van der Waals surface area contributed by atoms with Gasteiger partial charge in [0, 0.05) is 12.1 Å². The predicted octanol–water partition coefficient (Wildman–Crippen LogP) is 0.326. The molecule has 0 spiro atoms. The van der Waals surface area contributed by atoms with Crippen molar-refractivity contribution in [1.82, 2.24) is 14.6 Å². The van der Waals surface area contributed by atoms with Gasteiger partial charge in [0.1, 0.15) is 5.82 Å². The first-order chi connectivity index (χ1) is 5.66. The smallest absolute Gasteiger partial charge is 0.217 e. The Morgan fingerprint density at radius 1 is 1.50 bits per heavy atom. The van der Waals surface area contributed by atoms with E-state index in [1.165, 1.54) is 10.6 Å². The number of hydrogen-bond acceptors (Lipinski definition) is 4. The number of aromatic hydroxyl groups is 1. The number of nitrogen functional groups attached to an aromatic ring is 1. The molecular formula is C7H8N4O. The van der Waals surface area contributed by atoms with Gasteiger partial charge in [0.15, 0.2) is 5.65 Å². The quantitative estimate of drug-likeness (QED) is 0.588. The van der Waals surface area contributed by atoms with E-state index in [-0.39, 0.29) is 5.88 Å². The summed E-state index contributed by atoms with van der Waals surface area (Å²) >= 11 is 0. The summed E-state index contributed by atoms with van der Waals surface area (Å²) in [6.07, 6.45) is 0. The molecule has 5 nitrogen and oxygen atoms in total. The topological polar surface area (TPSA) is 76.4 Å². The Morgan fingerprint density at radius 3 is 3.00 bits per heavy atom. The first-order valence-electron chi connectivity index (χ1n) is 3.49. The maximum Gasteiger partial charge on any atom is 0.217 e. The third kappa shape index (κ3) is 0.868.